The number of carbonyl (C=O) groups is 2. The van der Waals surface area contributed by atoms with Gasteiger partial charge in [0.05, 0.1) is 0 Å². The molecule has 1 aliphatic heterocycles. The zero-order valence-electron chi connectivity index (χ0n) is 21.5. The van der Waals surface area contributed by atoms with Crippen molar-refractivity contribution in [2.24, 2.45) is 5.92 Å². The number of rotatable bonds is 8. The van der Waals surface area contributed by atoms with Crippen LogP contribution in [-0.4, -0.2) is 80.3 Å². The van der Waals surface area contributed by atoms with E-state index in [0.717, 1.165) is 18.9 Å². The molecule has 2 aromatic carbocycles. The molecule has 38 heavy (non-hydrogen) atoms. The summed E-state index contributed by atoms with van der Waals surface area (Å²) < 4.78 is 0. The maximum absolute atomic E-state index is 10.1. The van der Waals surface area contributed by atoms with Crippen LogP contribution in [0.4, 0.5) is 5.69 Å². The molecule has 5 rings (SSSR count). The number of aromatic hydroxyl groups is 1. The summed E-state index contributed by atoms with van der Waals surface area (Å²) in [7, 11) is 0. The number of nitrogens with zero attached hydrogens (tertiary/aromatic N) is 1. The van der Waals surface area contributed by atoms with Gasteiger partial charge in [-0.25, -0.2) is 9.59 Å². The molecule has 0 amide bonds. The molecule has 9 nitrogen and oxygen atoms in total. The van der Waals surface area contributed by atoms with E-state index in [0.29, 0.717) is 17.2 Å². The lowest BCUT2D eigenvalue weighted by atomic mass is 9.52. The fourth-order valence-electron chi connectivity index (χ4n) is 6.69. The first-order valence-corrected chi connectivity index (χ1v) is 13.4. The summed E-state index contributed by atoms with van der Waals surface area (Å²) in [4.78, 5) is 22.3. The van der Waals surface area contributed by atoms with Crippen molar-refractivity contribution in [1.82, 2.24) is 4.90 Å². The van der Waals surface area contributed by atoms with Gasteiger partial charge in [-0.1, -0.05) is 37.1 Å². The predicted molar refractivity (Wildman–Crippen MR) is 142 cm³/mol. The highest BCUT2D eigenvalue weighted by molar-refractivity contribution is 5.83. The molecule has 2 aromatic rings. The highest BCUT2D eigenvalue weighted by atomic mass is 16.4. The number of hydrogen-bond acceptors (Lipinski definition) is 7. The van der Waals surface area contributed by atoms with Gasteiger partial charge in [-0.2, -0.15) is 0 Å². The first kappa shape index (κ1) is 27.9. The van der Waals surface area contributed by atoms with Crippen LogP contribution in [0.2, 0.25) is 0 Å². The molecule has 0 radical (unpaired) electrons. The average Bonchev–Trinajstić information content (AvgIpc) is 2.92. The highest BCUT2D eigenvalue weighted by Crippen LogP contribution is 2.56. The van der Waals surface area contributed by atoms with Crippen LogP contribution < -0.4 is 5.32 Å². The molecule has 2 aliphatic carbocycles. The number of aliphatic carboxylic acids is 2. The molecule has 0 aromatic heterocycles. The van der Waals surface area contributed by atoms with Gasteiger partial charge in [0, 0.05) is 30.2 Å². The van der Waals surface area contributed by atoms with Crippen LogP contribution in [0, 0.1) is 5.92 Å². The molecule has 9 heteroatoms. The molecule has 206 valence electrons. The van der Waals surface area contributed by atoms with Gasteiger partial charge in [-0.05, 0) is 80.0 Å². The number of carboxylic acid groups (broad SMARTS) is 2. The van der Waals surface area contributed by atoms with Crippen LogP contribution in [-0.2, 0) is 21.4 Å². The molecule has 2 bridgehead atoms. The van der Waals surface area contributed by atoms with E-state index in [1.54, 1.807) is 0 Å². The molecule has 1 heterocycles. The van der Waals surface area contributed by atoms with Gasteiger partial charge in [-0.15, -0.1) is 0 Å². The van der Waals surface area contributed by atoms with Gasteiger partial charge in [-0.3, -0.25) is 4.90 Å². The van der Waals surface area contributed by atoms with Gasteiger partial charge in [0.15, 0.2) is 12.2 Å². The smallest absolute Gasteiger partial charge is 0.335 e. The van der Waals surface area contributed by atoms with Crippen molar-refractivity contribution >= 4 is 17.6 Å². The first-order chi connectivity index (χ1) is 18.2. The van der Waals surface area contributed by atoms with E-state index in [4.69, 9.17) is 20.4 Å². The Kier molecular flexibility index (Phi) is 8.91. The van der Waals surface area contributed by atoms with Crippen LogP contribution in [0.25, 0.3) is 0 Å². The zero-order valence-corrected chi connectivity index (χ0v) is 21.5. The molecule has 6 N–H and O–H groups in total. The number of phenols is 1. The number of benzene rings is 2. The number of anilines is 1. The molecule has 3 aliphatic rings. The Bertz CT molecular complexity index is 1090. The Balaban J connectivity index is 0.000000289. The average molecular weight is 527 g/mol. The molecule has 1 saturated heterocycles. The van der Waals surface area contributed by atoms with E-state index in [9.17, 15) is 14.7 Å². The molecule has 2 fully saturated rings. The third-order valence-corrected chi connectivity index (χ3v) is 8.47. The van der Waals surface area contributed by atoms with E-state index in [1.165, 1.54) is 68.4 Å². The van der Waals surface area contributed by atoms with Crippen molar-refractivity contribution < 1.29 is 35.1 Å². The highest BCUT2D eigenvalue weighted by Gasteiger charge is 2.53. The number of likely N-dealkylation sites (tertiary alicyclic amines) is 1. The van der Waals surface area contributed by atoms with Crippen molar-refractivity contribution in [2.45, 2.75) is 68.6 Å². The number of para-hydroxylation sites is 1. The van der Waals surface area contributed by atoms with Crippen LogP contribution in [0.1, 0.15) is 49.7 Å². The summed E-state index contributed by atoms with van der Waals surface area (Å²) >= 11 is 0. The topological polar surface area (TPSA) is 151 Å². The zero-order chi connectivity index (χ0) is 27.3. The fraction of sp³-hybridized carbons (Fsp3) is 0.517. The van der Waals surface area contributed by atoms with Gasteiger partial charge >= 0.3 is 11.9 Å². The Morgan fingerprint density at radius 1 is 1.00 bits per heavy atom. The number of hydrogen-bond donors (Lipinski definition) is 6. The summed E-state index contributed by atoms with van der Waals surface area (Å²) in [5.41, 5.74) is 4.53. The van der Waals surface area contributed by atoms with Crippen molar-refractivity contribution in [1.29, 1.82) is 0 Å². The van der Waals surface area contributed by atoms with E-state index in [-0.39, 0.29) is 0 Å². The lowest BCUT2D eigenvalue weighted by Gasteiger charge is -2.59. The SMILES string of the molecule is O=C(O)[C@H](O)[C@@H](O)C(=O)O.Oc1ccc2c(c1)[C@]13CCCC[C@H]1[C@H](C2)N(CCCNc1ccccc1)CC3. The summed E-state index contributed by atoms with van der Waals surface area (Å²) in [6.07, 6.45) is 4.47. The Morgan fingerprint density at radius 3 is 2.39 bits per heavy atom. The van der Waals surface area contributed by atoms with Crippen LogP contribution in [0.15, 0.2) is 48.5 Å². The Morgan fingerprint density at radius 2 is 1.71 bits per heavy atom. The number of carboxylic acids is 2. The predicted octanol–water partition coefficient (Wildman–Crippen LogP) is 2.83. The van der Waals surface area contributed by atoms with Crippen molar-refractivity contribution in [3.8, 4) is 5.75 Å². The van der Waals surface area contributed by atoms with E-state index in [1.807, 2.05) is 6.07 Å². The van der Waals surface area contributed by atoms with Gasteiger partial charge in [0.2, 0.25) is 0 Å². The molecular formula is C29H38N2O7. The Labute approximate surface area is 222 Å². The monoisotopic (exact) mass is 526 g/mol. The first-order valence-electron chi connectivity index (χ1n) is 13.4. The number of nitrogens with one attached hydrogen (secondary N) is 1. The summed E-state index contributed by atoms with van der Waals surface area (Å²) in [6, 6.07) is 17.4. The third-order valence-electron chi connectivity index (χ3n) is 8.47. The standard InChI is InChI=1S/C25H32N2O.C4H6O6/c28-21-11-10-19-17-24-22-9-4-5-12-25(22,23(19)18-21)13-16-27(24)15-6-14-26-20-7-2-1-3-8-20;5-1(3(7)8)2(6)4(9)10/h1-3,7-8,10-11,18,22,24,26,28H,4-6,9,12-17H2;1-2,5-6H,(H,7,8)(H,9,10)/t22-,24-,25-;1-,2-/m01/s1. The molecule has 0 spiro atoms. The number of aliphatic hydroxyl groups is 2. The minimum absolute atomic E-state index is 0.327. The van der Waals surface area contributed by atoms with Crippen LogP contribution >= 0.6 is 0 Å². The van der Waals surface area contributed by atoms with Crippen LogP contribution in [0.5, 0.6) is 5.75 Å². The molecular weight excluding hydrogens is 488 g/mol. The van der Waals surface area contributed by atoms with E-state index >= 15 is 0 Å². The number of fused-ring (bicyclic) bond motifs is 1. The van der Waals surface area contributed by atoms with E-state index in [2.05, 4.69) is 52.7 Å². The third kappa shape index (κ3) is 5.95. The summed E-state index contributed by atoms with van der Waals surface area (Å²) in [5, 5.41) is 46.2. The number of piperidine rings is 1. The second kappa shape index (κ2) is 12.1. The minimum atomic E-state index is -2.27. The second-order valence-corrected chi connectivity index (χ2v) is 10.6. The fourth-order valence-corrected chi connectivity index (χ4v) is 6.69. The lowest BCUT2D eigenvalue weighted by Crippen LogP contribution is -2.61. The minimum Gasteiger partial charge on any atom is -0.508 e. The van der Waals surface area contributed by atoms with Gasteiger partial charge < -0.3 is 30.8 Å². The number of aliphatic hydroxyl groups excluding tert-OH is 2. The molecule has 1 saturated carbocycles. The normalized spacial score (nSPS) is 25.5. The summed E-state index contributed by atoms with van der Waals surface area (Å²) in [6.45, 7) is 3.43. The van der Waals surface area contributed by atoms with Crippen molar-refractivity contribution in [2.75, 3.05) is 25.0 Å². The van der Waals surface area contributed by atoms with Crippen LogP contribution in [0.3, 0.4) is 0 Å². The van der Waals surface area contributed by atoms with Gasteiger partial charge in [0.25, 0.3) is 0 Å². The Hall–Kier alpha value is -3.14. The maximum atomic E-state index is 10.1. The quantitative estimate of drug-likeness (QED) is 0.285. The number of phenolic OH excluding ortho intramolecular Hbond substituents is 1. The molecule has 5 atom stereocenters. The van der Waals surface area contributed by atoms with Crippen molar-refractivity contribution in [3.63, 3.8) is 0 Å². The second-order valence-electron chi connectivity index (χ2n) is 10.6. The van der Waals surface area contributed by atoms with Crippen molar-refractivity contribution in [3.05, 3.63) is 59.7 Å². The van der Waals surface area contributed by atoms with E-state index < -0.39 is 24.1 Å². The summed E-state index contributed by atoms with van der Waals surface area (Å²) in [5.74, 6) is -2.32. The maximum Gasteiger partial charge on any atom is 0.335 e. The largest absolute Gasteiger partial charge is 0.508 e. The lowest BCUT2D eigenvalue weighted by molar-refractivity contribution is -0.165. The molecule has 0 unspecified atom stereocenters. The van der Waals surface area contributed by atoms with Gasteiger partial charge in [0.1, 0.15) is 5.75 Å².